The zero-order valence-electron chi connectivity index (χ0n) is 19.8. The maximum atomic E-state index is 12.8. The van der Waals surface area contributed by atoms with Gasteiger partial charge in [-0.25, -0.2) is 0 Å². The van der Waals surface area contributed by atoms with E-state index in [4.69, 9.17) is 28.6 Å². The van der Waals surface area contributed by atoms with E-state index >= 15 is 0 Å². The molecule has 184 valence electrons. The van der Waals surface area contributed by atoms with E-state index in [9.17, 15) is 4.79 Å². The minimum absolute atomic E-state index is 0.165. The molecule has 0 unspecified atom stereocenters. The van der Waals surface area contributed by atoms with E-state index in [-0.39, 0.29) is 11.0 Å². The lowest BCUT2D eigenvalue weighted by Gasteiger charge is -2.11. The molecular weight excluding hydrogens is 506 g/mol. The molecule has 9 heteroatoms. The molecule has 0 fully saturated rings. The lowest BCUT2D eigenvalue weighted by molar-refractivity contribution is 0.0977. The highest BCUT2D eigenvalue weighted by Crippen LogP contribution is 2.21. The first-order chi connectivity index (χ1) is 17.9. The van der Waals surface area contributed by atoms with Gasteiger partial charge in [-0.2, -0.15) is 4.80 Å². The normalized spacial score (nSPS) is 10.8. The van der Waals surface area contributed by atoms with Crippen molar-refractivity contribution in [2.75, 3.05) is 5.32 Å². The first-order valence-corrected chi connectivity index (χ1v) is 12.3. The number of hydrogen-bond donors (Lipinski definition) is 2. The number of carbonyl (C=O) groups excluding carboxylic acids is 1. The van der Waals surface area contributed by atoms with Crippen LogP contribution in [0.25, 0.3) is 16.7 Å². The minimum atomic E-state index is -0.342. The highest BCUT2D eigenvalue weighted by molar-refractivity contribution is 7.80. The molecule has 7 nitrogen and oxygen atoms in total. The zero-order valence-corrected chi connectivity index (χ0v) is 21.4. The number of benzene rings is 4. The number of aromatic nitrogens is 3. The number of nitrogens with zero attached hydrogens (tertiary/aromatic N) is 3. The predicted molar refractivity (Wildman–Crippen MR) is 150 cm³/mol. The highest BCUT2D eigenvalue weighted by atomic mass is 35.5. The first kappa shape index (κ1) is 24.4. The molecule has 5 rings (SSSR count). The number of thiocarbonyl (C=S) groups is 1. The highest BCUT2D eigenvalue weighted by Gasteiger charge is 2.11. The fourth-order valence-corrected chi connectivity index (χ4v) is 4.00. The summed E-state index contributed by atoms with van der Waals surface area (Å²) < 4.78 is 5.82. The molecule has 1 amide bonds. The van der Waals surface area contributed by atoms with E-state index in [0.29, 0.717) is 39.7 Å². The summed E-state index contributed by atoms with van der Waals surface area (Å²) >= 11 is 11.6. The van der Waals surface area contributed by atoms with Gasteiger partial charge in [-0.3, -0.25) is 10.1 Å². The molecule has 0 aliphatic rings. The Hall–Kier alpha value is -4.27. The summed E-state index contributed by atoms with van der Waals surface area (Å²) in [5.74, 6) is 0.254. The maximum Gasteiger partial charge on any atom is 0.257 e. The molecule has 1 aromatic heterocycles. The SMILES string of the molecule is Cc1ccc(-n2nc3ccc(NC(=S)NC(=O)c4cccc(OCc5ccccc5)c4)cc3n2)cc1Cl. The largest absolute Gasteiger partial charge is 0.489 e. The second-order valence-corrected chi connectivity index (χ2v) is 9.15. The molecule has 0 saturated carbocycles. The van der Waals surface area contributed by atoms with Gasteiger partial charge in [0, 0.05) is 16.3 Å². The number of ether oxygens (including phenoxy) is 1. The number of nitrogens with one attached hydrogen (secondary N) is 2. The van der Waals surface area contributed by atoms with Crippen molar-refractivity contribution >= 4 is 51.6 Å². The molecule has 0 saturated heterocycles. The Morgan fingerprint density at radius 3 is 2.57 bits per heavy atom. The van der Waals surface area contributed by atoms with E-state index in [1.165, 1.54) is 4.80 Å². The second-order valence-electron chi connectivity index (χ2n) is 8.34. The van der Waals surface area contributed by atoms with Gasteiger partial charge in [0.1, 0.15) is 23.4 Å². The summed E-state index contributed by atoms with van der Waals surface area (Å²) in [6.45, 7) is 2.35. The van der Waals surface area contributed by atoms with Crippen molar-refractivity contribution in [2.45, 2.75) is 13.5 Å². The second kappa shape index (κ2) is 10.8. The lowest BCUT2D eigenvalue weighted by atomic mass is 10.2. The van der Waals surface area contributed by atoms with Crippen LogP contribution in [0.5, 0.6) is 5.75 Å². The van der Waals surface area contributed by atoms with E-state index in [2.05, 4.69) is 20.8 Å². The molecule has 4 aromatic carbocycles. The lowest BCUT2D eigenvalue weighted by Crippen LogP contribution is -2.34. The fourth-order valence-electron chi connectivity index (χ4n) is 3.62. The van der Waals surface area contributed by atoms with Crippen LogP contribution in [0.2, 0.25) is 5.02 Å². The van der Waals surface area contributed by atoms with Crippen LogP contribution in [0.4, 0.5) is 5.69 Å². The number of anilines is 1. The number of hydrogen-bond acceptors (Lipinski definition) is 5. The third-order valence-corrected chi connectivity index (χ3v) is 6.21. The summed E-state index contributed by atoms with van der Waals surface area (Å²) in [6, 6.07) is 27.9. The number of aryl methyl sites for hydroxylation is 1. The Morgan fingerprint density at radius 2 is 1.76 bits per heavy atom. The minimum Gasteiger partial charge on any atom is -0.489 e. The van der Waals surface area contributed by atoms with Gasteiger partial charge < -0.3 is 10.1 Å². The van der Waals surface area contributed by atoms with Gasteiger partial charge in [0.2, 0.25) is 0 Å². The van der Waals surface area contributed by atoms with Crippen LogP contribution >= 0.6 is 23.8 Å². The van der Waals surface area contributed by atoms with Gasteiger partial charge in [0.15, 0.2) is 5.11 Å². The quantitative estimate of drug-likeness (QED) is 0.260. The van der Waals surface area contributed by atoms with Gasteiger partial charge >= 0.3 is 0 Å². The molecule has 2 N–H and O–H groups in total. The predicted octanol–water partition coefficient (Wildman–Crippen LogP) is 6.09. The number of halogens is 1. The molecule has 0 aliphatic carbocycles. The van der Waals surface area contributed by atoms with Crippen molar-refractivity contribution in [2.24, 2.45) is 0 Å². The molecule has 0 atom stereocenters. The van der Waals surface area contributed by atoms with Gasteiger partial charge in [-0.1, -0.05) is 54.1 Å². The number of carbonyl (C=O) groups is 1. The van der Waals surface area contributed by atoms with Crippen LogP contribution < -0.4 is 15.4 Å². The van der Waals surface area contributed by atoms with Crippen molar-refractivity contribution in [3.05, 3.63) is 113 Å². The van der Waals surface area contributed by atoms with E-state index in [1.54, 1.807) is 18.2 Å². The smallest absolute Gasteiger partial charge is 0.257 e. The van der Waals surface area contributed by atoms with Crippen molar-refractivity contribution in [3.63, 3.8) is 0 Å². The van der Waals surface area contributed by atoms with Crippen LogP contribution in [-0.4, -0.2) is 26.0 Å². The van der Waals surface area contributed by atoms with Crippen LogP contribution in [0, 0.1) is 6.92 Å². The Labute approximate surface area is 224 Å². The Kier molecular flexibility index (Phi) is 7.11. The number of amides is 1. The van der Waals surface area contributed by atoms with Crippen molar-refractivity contribution in [1.29, 1.82) is 0 Å². The molecule has 0 spiro atoms. The Bertz CT molecular complexity index is 1600. The van der Waals surface area contributed by atoms with Gasteiger partial charge in [0.05, 0.1) is 5.69 Å². The first-order valence-electron chi connectivity index (χ1n) is 11.5. The standard InChI is InChI=1S/C28H22ClN5O2S/c1-18-10-12-22(16-24(18)29)34-32-25-13-11-21(15-26(25)33-34)30-28(37)31-27(35)20-8-5-9-23(14-20)36-17-19-6-3-2-4-7-19/h2-16H,17H2,1H3,(H2,30,31,35,37). The fraction of sp³-hybridized carbons (Fsp3) is 0.0714. The maximum absolute atomic E-state index is 12.8. The van der Waals surface area contributed by atoms with Crippen LogP contribution in [0.3, 0.4) is 0 Å². The molecule has 0 bridgehead atoms. The average molecular weight is 528 g/mol. The van der Waals surface area contributed by atoms with E-state index in [0.717, 1.165) is 16.8 Å². The topological polar surface area (TPSA) is 81.1 Å². The third-order valence-electron chi connectivity index (χ3n) is 5.60. The molecule has 1 heterocycles. The summed E-state index contributed by atoms with van der Waals surface area (Å²) in [7, 11) is 0. The summed E-state index contributed by atoms with van der Waals surface area (Å²) in [5, 5.41) is 15.6. The number of fused-ring (bicyclic) bond motifs is 1. The monoisotopic (exact) mass is 527 g/mol. The Balaban J connectivity index is 1.22. The number of rotatable bonds is 6. The molecule has 37 heavy (non-hydrogen) atoms. The summed E-state index contributed by atoms with van der Waals surface area (Å²) in [6.07, 6.45) is 0. The van der Waals surface area contributed by atoms with Crippen molar-refractivity contribution in [1.82, 2.24) is 20.3 Å². The van der Waals surface area contributed by atoms with Crippen molar-refractivity contribution in [3.8, 4) is 11.4 Å². The van der Waals surface area contributed by atoms with Crippen LogP contribution in [0.15, 0.2) is 91.0 Å². The molecule has 5 aromatic rings. The van der Waals surface area contributed by atoms with E-state index in [1.807, 2.05) is 79.7 Å². The third kappa shape index (κ3) is 5.94. The van der Waals surface area contributed by atoms with Crippen LogP contribution in [-0.2, 0) is 6.61 Å². The Morgan fingerprint density at radius 1 is 0.946 bits per heavy atom. The molecule has 0 radical (unpaired) electrons. The summed E-state index contributed by atoms with van der Waals surface area (Å²) in [5.41, 5.74) is 5.28. The zero-order chi connectivity index (χ0) is 25.8. The molecule has 0 aliphatic heterocycles. The average Bonchev–Trinajstić information content (AvgIpc) is 3.33. The molecular formula is C28H22ClN5O2S. The van der Waals surface area contributed by atoms with Crippen LogP contribution in [0.1, 0.15) is 21.5 Å². The van der Waals surface area contributed by atoms with E-state index < -0.39 is 0 Å². The summed E-state index contributed by atoms with van der Waals surface area (Å²) in [4.78, 5) is 14.3. The van der Waals surface area contributed by atoms with Gasteiger partial charge in [-0.05, 0) is 78.8 Å². The van der Waals surface area contributed by atoms with Gasteiger partial charge in [-0.15, -0.1) is 10.2 Å². The van der Waals surface area contributed by atoms with Gasteiger partial charge in [0.25, 0.3) is 5.91 Å². The van der Waals surface area contributed by atoms with Crippen molar-refractivity contribution < 1.29 is 9.53 Å².